The van der Waals surface area contributed by atoms with Crippen LogP contribution >= 0.6 is 0 Å². The highest BCUT2D eigenvalue weighted by Crippen LogP contribution is 2.11. The third kappa shape index (κ3) is 8.34. The van der Waals surface area contributed by atoms with Gasteiger partial charge in [-0.1, -0.05) is 42.5 Å². The molecule has 0 aliphatic heterocycles. The Labute approximate surface area is 172 Å². The van der Waals surface area contributed by atoms with Crippen LogP contribution in [0, 0.1) is 11.3 Å². The molecule has 0 saturated carbocycles. The highest BCUT2D eigenvalue weighted by molar-refractivity contribution is 5.68. The van der Waals surface area contributed by atoms with E-state index in [1.807, 2.05) is 42.5 Å². The third-order valence-electron chi connectivity index (χ3n) is 4.20. The Morgan fingerprint density at radius 2 is 1.83 bits per heavy atom. The van der Waals surface area contributed by atoms with E-state index in [4.69, 9.17) is 10.00 Å². The first-order valence-corrected chi connectivity index (χ1v) is 9.68. The first kappa shape index (κ1) is 22.4. The molecule has 6 nitrogen and oxygen atoms in total. The summed E-state index contributed by atoms with van der Waals surface area (Å²) in [4.78, 5) is 12.2. The molecule has 3 N–H and O–H groups in total. The number of rotatable bonds is 8. The van der Waals surface area contributed by atoms with E-state index in [9.17, 15) is 9.90 Å². The minimum atomic E-state index is -0.818. The number of nitrogens with zero attached hydrogens (tertiary/aromatic N) is 1. The van der Waals surface area contributed by atoms with Gasteiger partial charge in [-0.15, -0.1) is 0 Å². The summed E-state index contributed by atoms with van der Waals surface area (Å²) in [6, 6.07) is 18.6. The molecule has 2 aromatic carbocycles. The van der Waals surface area contributed by atoms with E-state index in [0.717, 1.165) is 11.1 Å². The molecule has 2 aromatic rings. The van der Waals surface area contributed by atoms with E-state index >= 15 is 0 Å². The van der Waals surface area contributed by atoms with Crippen molar-refractivity contribution in [2.24, 2.45) is 0 Å². The molecule has 1 amide bonds. The van der Waals surface area contributed by atoms with Crippen LogP contribution in [0.3, 0.4) is 0 Å². The Balaban J connectivity index is 1.98. The Kier molecular flexibility index (Phi) is 8.20. The second-order valence-corrected chi connectivity index (χ2v) is 7.95. The predicted octanol–water partition coefficient (Wildman–Crippen LogP) is 3.14. The van der Waals surface area contributed by atoms with Crippen molar-refractivity contribution in [3.8, 4) is 6.07 Å². The minimum Gasteiger partial charge on any atom is -0.444 e. The molecule has 0 bridgehead atoms. The van der Waals surface area contributed by atoms with Crippen LogP contribution in [0.2, 0.25) is 0 Å². The summed E-state index contributed by atoms with van der Waals surface area (Å²) in [5, 5.41) is 25.7. The van der Waals surface area contributed by atoms with E-state index in [2.05, 4.69) is 16.7 Å². The predicted molar refractivity (Wildman–Crippen MR) is 112 cm³/mol. The molecule has 6 heteroatoms. The molecule has 0 aliphatic carbocycles. The molecule has 0 fully saturated rings. The second-order valence-electron chi connectivity index (χ2n) is 7.95. The first-order chi connectivity index (χ1) is 13.8. The Bertz CT molecular complexity index is 825. The lowest BCUT2D eigenvalue weighted by Crippen LogP contribution is -2.49. The second kappa shape index (κ2) is 10.6. The third-order valence-corrected chi connectivity index (χ3v) is 4.20. The highest BCUT2D eigenvalue weighted by Gasteiger charge is 2.24. The quantitative estimate of drug-likeness (QED) is 0.638. The number of carbonyl (C=O) groups is 1. The van der Waals surface area contributed by atoms with Crippen LogP contribution in [-0.4, -0.2) is 35.5 Å². The number of ether oxygens (including phenoxy) is 1. The smallest absolute Gasteiger partial charge is 0.407 e. The molecule has 0 heterocycles. The molecule has 154 valence electrons. The van der Waals surface area contributed by atoms with Gasteiger partial charge in [0, 0.05) is 13.1 Å². The zero-order valence-electron chi connectivity index (χ0n) is 17.2. The Morgan fingerprint density at radius 1 is 1.14 bits per heavy atom. The topological polar surface area (TPSA) is 94.4 Å². The van der Waals surface area contributed by atoms with E-state index in [0.29, 0.717) is 18.5 Å². The summed E-state index contributed by atoms with van der Waals surface area (Å²) in [5.74, 6) is 0. The molecule has 29 heavy (non-hydrogen) atoms. The van der Waals surface area contributed by atoms with Crippen molar-refractivity contribution >= 4 is 6.09 Å². The number of benzene rings is 2. The van der Waals surface area contributed by atoms with Crippen LogP contribution in [0.4, 0.5) is 4.79 Å². The molecule has 0 saturated heterocycles. The average Bonchev–Trinajstić information content (AvgIpc) is 2.67. The zero-order chi connectivity index (χ0) is 21.3. The number of hydrogen-bond donors (Lipinski definition) is 3. The largest absolute Gasteiger partial charge is 0.444 e. The molecular formula is C23H29N3O3. The number of hydrogen-bond acceptors (Lipinski definition) is 5. The number of nitrogens with one attached hydrogen (secondary N) is 2. The number of amides is 1. The number of aliphatic hydroxyl groups excluding tert-OH is 1. The van der Waals surface area contributed by atoms with Crippen molar-refractivity contribution < 1.29 is 14.6 Å². The Hall–Kier alpha value is -2.88. The molecular weight excluding hydrogens is 366 g/mol. The van der Waals surface area contributed by atoms with Crippen molar-refractivity contribution in [3.63, 3.8) is 0 Å². The Morgan fingerprint density at radius 3 is 2.48 bits per heavy atom. The van der Waals surface area contributed by atoms with Gasteiger partial charge in [-0.05, 0) is 50.5 Å². The van der Waals surface area contributed by atoms with Gasteiger partial charge in [0.2, 0.25) is 0 Å². The van der Waals surface area contributed by atoms with E-state index in [1.165, 1.54) is 0 Å². The van der Waals surface area contributed by atoms with E-state index < -0.39 is 23.8 Å². The van der Waals surface area contributed by atoms with Gasteiger partial charge in [-0.2, -0.15) is 5.26 Å². The summed E-state index contributed by atoms with van der Waals surface area (Å²) in [7, 11) is 0. The average molecular weight is 396 g/mol. The van der Waals surface area contributed by atoms with Crippen molar-refractivity contribution in [1.82, 2.24) is 10.6 Å². The number of aliphatic hydroxyl groups is 1. The molecule has 2 atom stereocenters. The van der Waals surface area contributed by atoms with Crippen LogP contribution in [0.15, 0.2) is 54.6 Å². The minimum absolute atomic E-state index is 0.282. The summed E-state index contributed by atoms with van der Waals surface area (Å²) in [5.41, 5.74) is 1.94. The maximum atomic E-state index is 12.2. The summed E-state index contributed by atoms with van der Waals surface area (Å²) in [6.07, 6.45) is -0.895. The van der Waals surface area contributed by atoms with E-state index in [1.54, 1.807) is 32.9 Å². The number of alkyl carbamates (subject to hydrolysis) is 1. The van der Waals surface area contributed by atoms with Gasteiger partial charge in [0.05, 0.1) is 23.8 Å². The zero-order valence-corrected chi connectivity index (χ0v) is 17.2. The number of carbonyl (C=O) groups excluding carboxylic acids is 1. The lowest BCUT2D eigenvalue weighted by molar-refractivity contribution is 0.0422. The first-order valence-electron chi connectivity index (χ1n) is 9.68. The summed E-state index contributed by atoms with van der Waals surface area (Å²) < 4.78 is 5.34. The lowest BCUT2D eigenvalue weighted by atomic mass is 10.0. The maximum absolute atomic E-state index is 12.2. The standard InChI is InChI=1S/C23H29N3O3/c1-23(2,3)29-22(28)26-20(13-17-8-5-4-6-9-17)21(27)16-25-15-19-11-7-10-18(12-19)14-24/h4-12,20-21,25,27H,13,15-16H2,1-3H3,(H,26,28). The number of nitriles is 1. The van der Waals surface area contributed by atoms with Gasteiger partial charge in [0.1, 0.15) is 5.60 Å². The molecule has 0 spiro atoms. The van der Waals surface area contributed by atoms with Crippen molar-refractivity contribution in [1.29, 1.82) is 5.26 Å². The van der Waals surface area contributed by atoms with Crippen LogP contribution in [0.5, 0.6) is 0 Å². The van der Waals surface area contributed by atoms with Gasteiger partial charge in [-0.25, -0.2) is 4.79 Å². The van der Waals surface area contributed by atoms with Gasteiger partial charge < -0.3 is 20.5 Å². The fourth-order valence-corrected chi connectivity index (χ4v) is 2.87. The van der Waals surface area contributed by atoms with Crippen LogP contribution in [0.25, 0.3) is 0 Å². The fourth-order valence-electron chi connectivity index (χ4n) is 2.87. The molecule has 0 radical (unpaired) electrons. The molecule has 2 unspecified atom stereocenters. The summed E-state index contributed by atoms with van der Waals surface area (Å²) in [6.45, 7) is 6.19. The van der Waals surface area contributed by atoms with Crippen LogP contribution < -0.4 is 10.6 Å². The normalized spacial score (nSPS) is 13.2. The van der Waals surface area contributed by atoms with Crippen LogP contribution in [0.1, 0.15) is 37.5 Å². The molecule has 0 aromatic heterocycles. The van der Waals surface area contributed by atoms with Gasteiger partial charge in [-0.3, -0.25) is 0 Å². The van der Waals surface area contributed by atoms with Crippen molar-refractivity contribution in [2.75, 3.05) is 6.54 Å². The van der Waals surface area contributed by atoms with Gasteiger partial charge in [0.15, 0.2) is 0 Å². The monoisotopic (exact) mass is 395 g/mol. The highest BCUT2D eigenvalue weighted by atomic mass is 16.6. The molecule has 0 aliphatic rings. The van der Waals surface area contributed by atoms with Crippen molar-refractivity contribution in [3.05, 3.63) is 71.3 Å². The molecule has 2 rings (SSSR count). The van der Waals surface area contributed by atoms with Crippen molar-refractivity contribution in [2.45, 2.75) is 51.5 Å². The fraction of sp³-hybridized carbons (Fsp3) is 0.391. The van der Waals surface area contributed by atoms with Gasteiger partial charge in [0.25, 0.3) is 0 Å². The van der Waals surface area contributed by atoms with Gasteiger partial charge >= 0.3 is 6.09 Å². The maximum Gasteiger partial charge on any atom is 0.407 e. The van der Waals surface area contributed by atoms with E-state index in [-0.39, 0.29) is 6.54 Å². The SMILES string of the molecule is CC(C)(C)OC(=O)NC(Cc1ccccc1)C(O)CNCc1cccc(C#N)c1. The lowest BCUT2D eigenvalue weighted by Gasteiger charge is -2.27. The van der Waals surface area contributed by atoms with Crippen LogP contribution in [-0.2, 0) is 17.7 Å². The summed E-state index contributed by atoms with van der Waals surface area (Å²) >= 11 is 0.